The Morgan fingerprint density at radius 2 is 1.86 bits per heavy atom. The molecule has 0 N–H and O–H groups in total. The number of fused-ring (bicyclic) bond motifs is 3. The van der Waals surface area contributed by atoms with E-state index in [1.165, 1.54) is 6.07 Å². The van der Waals surface area contributed by atoms with Crippen molar-refractivity contribution in [3.63, 3.8) is 0 Å². The van der Waals surface area contributed by atoms with Gasteiger partial charge in [0.1, 0.15) is 11.4 Å². The zero-order valence-corrected chi connectivity index (χ0v) is 16.4. The molecule has 0 aliphatic carbocycles. The van der Waals surface area contributed by atoms with Crippen LogP contribution in [-0.2, 0) is 4.74 Å². The number of aromatic nitrogens is 1. The van der Waals surface area contributed by atoms with E-state index >= 15 is 0 Å². The van der Waals surface area contributed by atoms with Gasteiger partial charge in [0.2, 0.25) is 0 Å². The van der Waals surface area contributed by atoms with Gasteiger partial charge < -0.3 is 9.64 Å². The maximum absolute atomic E-state index is 14.6. The fraction of sp³-hybridized carbons (Fsp3) is 0.500. The lowest BCUT2D eigenvalue weighted by Gasteiger charge is -2.39. The molecule has 2 fully saturated rings. The third-order valence-corrected chi connectivity index (χ3v) is 5.67. The Balaban J connectivity index is 1.54. The monoisotopic (exact) mass is 384 g/mol. The van der Waals surface area contributed by atoms with Gasteiger partial charge in [0.25, 0.3) is 0 Å². The Labute approximate surface area is 163 Å². The zero-order chi connectivity index (χ0) is 20.1. The number of carbonyl (C=O) groups is 2. The topological polar surface area (TPSA) is 59.5 Å². The van der Waals surface area contributed by atoms with Gasteiger partial charge in [-0.3, -0.25) is 9.78 Å². The molecule has 148 valence electrons. The molecule has 2 bridgehead atoms. The second-order valence-corrected chi connectivity index (χ2v) is 8.83. The van der Waals surface area contributed by atoms with E-state index in [2.05, 4.69) is 4.98 Å². The van der Waals surface area contributed by atoms with Crippen molar-refractivity contribution in [2.75, 3.05) is 0 Å². The number of halogens is 1. The van der Waals surface area contributed by atoms with Gasteiger partial charge in [-0.2, -0.15) is 0 Å². The third-order valence-electron chi connectivity index (χ3n) is 5.67. The van der Waals surface area contributed by atoms with Gasteiger partial charge in [-0.15, -0.1) is 0 Å². The number of ketones is 1. The van der Waals surface area contributed by atoms with Gasteiger partial charge >= 0.3 is 6.09 Å². The van der Waals surface area contributed by atoms with Gasteiger partial charge in [-0.05, 0) is 58.6 Å². The molecule has 2 aromatic rings. The molecule has 0 spiro atoms. The Kier molecular flexibility index (Phi) is 4.60. The molecule has 28 heavy (non-hydrogen) atoms. The molecule has 2 unspecified atom stereocenters. The first kappa shape index (κ1) is 18.8. The molecule has 1 aromatic carbocycles. The minimum Gasteiger partial charge on any atom is -0.444 e. The van der Waals surface area contributed by atoms with Crippen molar-refractivity contribution in [1.29, 1.82) is 0 Å². The van der Waals surface area contributed by atoms with Crippen molar-refractivity contribution in [2.45, 2.75) is 64.1 Å². The Morgan fingerprint density at radius 1 is 1.18 bits per heavy atom. The van der Waals surface area contributed by atoms with E-state index in [9.17, 15) is 14.0 Å². The number of piperidine rings is 1. The van der Waals surface area contributed by atoms with Crippen molar-refractivity contribution in [2.24, 2.45) is 5.92 Å². The molecule has 0 radical (unpaired) electrons. The number of amides is 1. The lowest BCUT2D eigenvalue weighted by Crippen LogP contribution is -2.49. The molecule has 2 aliphatic rings. The molecule has 3 heterocycles. The first-order valence-electron chi connectivity index (χ1n) is 9.83. The predicted molar refractivity (Wildman–Crippen MR) is 104 cm³/mol. The van der Waals surface area contributed by atoms with Gasteiger partial charge in [-0.1, -0.05) is 6.07 Å². The predicted octanol–water partition coefficient (Wildman–Crippen LogP) is 4.73. The first-order valence-corrected chi connectivity index (χ1v) is 9.83. The number of Topliss-reactive ketones (excluding diaryl/α,β-unsaturated/α-hetero) is 1. The van der Waals surface area contributed by atoms with Gasteiger partial charge in [0.05, 0.1) is 11.1 Å². The van der Waals surface area contributed by atoms with E-state index in [4.69, 9.17) is 4.74 Å². The van der Waals surface area contributed by atoms with Crippen LogP contribution in [0.4, 0.5) is 9.18 Å². The van der Waals surface area contributed by atoms with Crippen LogP contribution in [0.25, 0.3) is 10.9 Å². The second-order valence-electron chi connectivity index (χ2n) is 8.83. The molecular weight excluding hydrogens is 359 g/mol. The van der Waals surface area contributed by atoms with Crippen LogP contribution in [0.5, 0.6) is 0 Å². The van der Waals surface area contributed by atoms with E-state index in [0.717, 1.165) is 18.2 Å². The van der Waals surface area contributed by atoms with Crippen LogP contribution in [0.2, 0.25) is 0 Å². The molecule has 2 saturated heterocycles. The van der Waals surface area contributed by atoms with Crippen molar-refractivity contribution < 1.29 is 18.7 Å². The molecule has 1 amide bonds. The number of carbonyl (C=O) groups excluding carboxylic acids is 2. The van der Waals surface area contributed by atoms with Crippen LogP contribution in [0.3, 0.4) is 0 Å². The normalized spacial score (nSPS) is 24.4. The summed E-state index contributed by atoms with van der Waals surface area (Å²) in [5.74, 6) is -0.984. The Hall–Kier alpha value is -2.50. The molecular formula is C22H25FN2O3. The zero-order valence-electron chi connectivity index (χ0n) is 16.4. The largest absolute Gasteiger partial charge is 0.444 e. The number of benzene rings is 1. The number of ether oxygens (including phenoxy) is 1. The molecule has 2 atom stereocenters. The fourth-order valence-corrected chi connectivity index (χ4v) is 4.51. The SMILES string of the molecule is CC(C)(C)OC(=O)N1C2CCC1CC(C(=O)c1cc3cccnc3cc1F)C2. The molecule has 1 aromatic heterocycles. The van der Waals surface area contributed by atoms with Crippen LogP contribution in [-0.4, -0.2) is 39.4 Å². The molecule has 4 rings (SSSR count). The van der Waals surface area contributed by atoms with E-state index in [0.29, 0.717) is 18.4 Å². The minimum atomic E-state index is -0.550. The summed E-state index contributed by atoms with van der Waals surface area (Å²) >= 11 is 0. The maximum atomic E-state index is 14.6. The number of rotatable bonds is 2. The molecule has 6 heteroatoms. The van der Waals surface area contributed by atoms with Gasteiger partial charge in [0, 0.05) is 35.7 Å². The number of hydrogen-bond donors (Lipinski definition) is 0. The summed E-state index contributed by atoms with van der Waals surface area (Å²) in [6.07, 6.45) is 4.12. The average Bonchev–Trinajstić information content (AvgIpc) is 2.89. The van der Waals surface area contributed by atoms with Crippen LogP contribution in [0, 0.1) is 11.7 Å². The third kappa shape index (κ3) is 3.48. The second kappa shape index (κ2) is 6.83. The molecule has 2 aliphatic heterocycles. The van der Waals surface area contributed by atoms with Gasteiger partial charge in [-0.25, -0.2) is 9.18 Å². The smallest absolute Gasteiger partial charge is 0.410 e. The Morgan fingerprint density at radius 3 is 2.50 bits per heavy atom. The van der Waals surface area contributed by atoms with E-state index in [-0.39, 0.29) is 35.4 Å². The highest BCUT2D eigenvalue weighted by Crippen LogP contribution is 2.41. The molecule has 5 nitrogen and oxygen atoms in total. The van der Waals surface area contributed by atoms with Crippen molar-refractivity contribution in [1.82, 2.24) is 9.88 Å². The summed E-state index contributed by atoms with van der Waals surface area (Å²) < 4.78 is 20.1. The highest BCUT2D eigenvalue weighted by molar-refractivity contribution is 6.01. The number of nitrogens with zero attached hydrogens (tertiary/aromatic N) is 2. The highest BCUT2D eigenvalue weighted by atomic mass is 19.1. The standard InChI is InChI=1S/C22H25FN2O3/c1-22(2,3)28-21(27)25-15-6-7-16(25)10-14(9-15)20(26)17-11-13-5-4-8-24-19(13)12-18(17)23/h4-5,8,11-12,14-16H,6-7,9-10H2,1-3H3. The van der Waals surface area contributed by atoms with Crippen LogP contribution < -0.4 is 0 Å². The maximum Gasteiger partial charge on any atom is 0.410 e. The molecule has 0 saturated carbocycles. The summed E-state index contributed by atoms with van der Waals surface area (Å²) in [5, 5.41) is 0.751. The number of pyridine rings is 1. The minimum absolute atomic E-state index is 0.0206. The summed E-state index contributed by atoms with van der Waals surface area (Å²) in [6.45, 7) is 5.54. The van der Waals surface area contributed by atoms with E-state index in [1.807, 2.05) is 26.8 Å². The fourth-order valence-electron chi connectivity index (χ4n) is 4.51. The summed E-state index contributed by atoms with van der Waals surface area (Å²) in [4.78, 5) is 31.6. The quantitative estimate of drug-likeness (QED) is 0.702. The van der Waals surface area contributed by atoms with Crippen molar-refractivity contribution in [3.8, 4) is 0 Å². The van der Waals surface area contributed by atoms with Crippen LogP contribution >= 0.6 is 0 Å². The van der Waals surface area contributed by atoms with E-state index < -0.39 is 11.4 Å². The van der Waals surface area contributed by atoms with Crippen LogP contribution in [0.1, 0.15) is 56.8 Å². The first-order chi connectivity index (χ1) is 13.2. The Bertz CT molecular complexity index is 923. The van der Waals surface area contributed by atoms with Crippen molar-refractivity contribution in [3.05, 3.63) is 41.8 Å². The van der Waals surface area contributed by atoms with Crippen molar-refractivity contribution >= 4 is 22.8 Å². The summed E-state index contributed by atoms with van der Waals surface area (Å²) in [7, 11) is 0. The number of hydrogen-bond acceptors (Lipinski definition) is 4. The average molecular weight is 384 g/mol. The lowest BCUT2D eigenvalue weighted by atomic mass is 9.84. The summed E-state index contributed by atoms with van der Waals surface area (Å²) in [5.41, 5.74) is 0.109. The van der Waals surface area contributed by atoms with Crippen LogP contribution in [0.15, 0.2) is 30.5 Å². The summed E-state index contributed by atoms with van der Waals surface area (Å²) in [6, 6.07) is 6.48. The lowest BCUT2D eigenvalue weighted by molar-refractivity contribution is 0.00250. The highest BCUT2D eigenvalue weighted by Gasteiger charge is 2.46. The van der Waals surface area contributed by atoms with Gasteiger partial charge in [0.15, 0.2) is 5.78 Å². The van der Waals surface area contributed by atoms with E-state index in [1.54, 1.807) is 23.2 Å².